The van der Waals surface area contributed by atoms with E-state index in [9.17, 15) is 4.79 Å². The molecule has 23 heavy (non-hydrogen) atoms. The largest absolute Gasteiger partial charge is 0.444 e. The Morgan fingerprint density at radius 1 is 1.43 bits per heavy atom. The summed E-state index contributed by atoms with van der Waals surface area (Å²) in [6.07, 6.45) is 1.82. The van der Waals surface area contributed by atoms with Crippen molar-refractivity contribution in [2.75, 3.05) is 18.0 Å². The van der Waals surface area contributed by atoms with Crippen LogP contribution in [-0.4, -0.2) is 34.9 Å². The molecule has 1 aromatic rings. The number of rotatable bonds is 3. The molecule has 0 aliphatic carbocycles. The summed E-state index contributed by atoms with van der Waals surface area (Å²) < 4.78 is 10.5. The fourth-order valence-corrected chi connectivity index (χ4v) is 2.67. The third-order valence-corrected chi connectivity index (χ3v) is 3.72. The molecule has 1 atom stereocenters. The fourth-order valence-electron chi connectivity index (χ4n) is 2.67. The number of nitrogens with one attached hydrogen (secondary N) is 1. The Balaban J connectivity index is 1.97. The fraction of sp³-hybridized carbons (Fsp3) is 0.812. The molecule has 1 aliphatic heterocycles. The molecule has 0 spiro atoms. The van der Waals surface area contributed by atoms with Gasteiger partial charge in [0, 0.05) is 13.1 Å². The van der Waals surface area contributed by atoms with Crippen LogP contribution in [0.15, 0.2) is 4.52 Å². The van der Waals surface area contributed by atoms with Crippen LogP contribution in [0.3, 0.4) is 0 Å². The minimum Gasteiger partial charge on any atom is -0.444 e. The van der Waals surface area contributed by atoms with Crippen molar-refractivity contribution in [2.45, 2.75) is 66.0 Å². The Kier molecular flexibility index (Phi) is 4.87. The predicted molar refractivity (Wildman–Crippen MR) is 87.3 cm³/mol. The summed E-state index contributed by atoms with van der Waals surface area (Å²) in [5, 5.41) is 6.77. The summed E-state index contributed by atoms with van der Waals surface area (Å²) in [4.78, 5) is 18.4. The molecule has 1 N–H and O–H groups in total. The number of amides is 1. The van der Waals surface area contributed by atoms with Crippen molar-refractivity contribution < 1.29 is 14.1 Å². The van der Waals surface area contributed by atoms with Gasteiger partial charge in [0.05, 0.1) is 0 Å². The van der Waals surface area contributed by atoms with Gasteiger partial charge in [0.25, 0.3) is 11.8 Å². The van der Waals surface area contributed by atoms with Crippen molar-refractivity contribution in [3.63, 3.8) is 0 Å². The van der Waals surface area contributed by atoms with Crippen LogP contribution < -0.4 is 10.2 Å². The zero-order chi connectivity index (χ0) is 17.3. The third kappa shape index (κ3) is 5.11. The van der Waals surface area contributed by atoms with Crippen molar-refractivity contribution in [3.05, 3.63) is 5.89 Å². The Morgan fingerprint density at radius 3 is 2.74 bits per heavy atom. The highest BCUT2D eigenvalue weighted by Crippen LogP contribution is 2.30. The second-order valence-corrected chi connectivity index (χ2v) is 7.99. The number of aromatic nitrogens is 2. The summed E-state index contributed by atoms with van der Waals surface area (Å²) in [5.41, 5.74) is -0.289. The number of nitrogens with zero attached hydrogens (tertiary/aromatic N) is 3. The molecule has 0 unspecified atom stereocenters. The average molecular weight is 324 g/mol. The molecule has 1 amide bonds. The molecule has 7 heteroatoms. The van der Waals surface area contributed by atoms with Crippen LogP contribution in [0.1, 0.15) is 66.3 Å². The molecule has 0 bridgehead atoms. The maximum atomic E-state index is 11.8. The molecular weight excluding hydrogens is 296 g/mol. The molecule has 0 radical (unpaired) electrons. The zero-order valence-electron chi connectivity index (χ0n) is 15.0. The van der Waals surface area contributed by atoms with Crippen LogP contribution in [0, 0.1) is 5.41 Å². The molecule has 7 nitrogen and oxygen atoms in total. The summed E-state index contributed by atoms with van der Waals surface area (Å²) in [6, 6.07) is -0.399. The first-order valence-corrected chi connectivity index (χ1v) is 8.14. The molecule has 0 saturated carbocycles. The van der Waals surface area contributed by atoms with Crippen molar-refractivity contribution in [1.82, 2.24) is 15.5 Å². The number of piperidine rings is 1. The standard InChI is InChI=1S/C16H28N4O3/c1-11(17-14(21)22-15(2,3)4)12-18-13(19-23-12)20-9-7-8-16(5,6)10-20/h11H,7-10H2,1-6H3,(H,17,21)/t11-/m0/s1. The van der Waals surface area contributed by atoms with Gasteiger partial charge in [-0.3, -0.25) is 0 Å². The number of hydrogen-bond acceptors (Lipinski definition) is 6. The Morgan fingerprint density at radius 2 is 2.13 bits per heavy atom. The molecule has 1 fully saturated rings. The van der Waals surface area contributed by atoms with Crippen LogP contribution >= 0.6 is 0 Å². The van der Waals surface area contributed by atoms with Crippen LogP contribution in [0.2, 0.25) is 0 Å². The summed E-state index contributed by atoms with van der Waals surface area (Å²) >= 11 is 0. The lowest BCUT2D eigenvalue weighted by atomic mass is 9.84. The van der Waals surface area contributed by atoms with Gasteiger partial charge in [0.15, 0.2) is 0 Å². The zero-order valence-corrected chi connectivity index (χ0v) is 15.0. The van der Waals surface area contributed by atoms with Crippen molar-refractivity contribution in [2.24, 2.45) is 5.41 Å². The highest BCUT2D eigenvalue weighted by atomic mass is 16.6. The molecular formula is C16H28N4O3. The van der Waals surface area contributed by atoms with Gasteiger partial charge < -0.3 is 19.5 Å². The van der Waals surface area contributed by atoms with E-state index in [-0.39, 0.29) is 5.41 Å². The minimum absolute atomic E-state index is 0.249. The van der Waals surface area contributed by atoms with E-state index in [1.165, 1.54) is 6.42 Å². The smallest absolute Gasteiger partial charge is 0.408 e. The quantitative estimate of drug-likeness (QED) is 0.919. The molecule has 1 aromatic heterocycles. The summed E-state index contributed by atoms with van der Waals surface area (Å²) in [6.45, 7) is 13.6. The first-order chi connectivity index (χ1) is 10.6. The van der Waals surface area contributed by atoms with Crippen molar-refractivity contribution in [3.8, 4) is 0 Å². The molecule has 1 aliphatic rings. The highest BCUT2D eigenvalue weighted by molar-refractivity contribution is 5.68. The monoisotopic (exact) mass is 324 g/mol. The number of alkyl carbamates (subject to hydrolysis) is 1. The maximum absolute atomic E-state index is 11.8. The molecule has 0 aromatic carbocycles. The van der Waals surface area contributed by atoms with Crippen molar-refractivity contribution >= 4 is 12.0 Å². The maximum Gasteiger partial charge on any atom is 0.408 e. The molecule has 2 heterocycles. The van der Waals surface area contributed by atoms with Gasteiger partial charge in [-0.05, 0) is 51.1 Å². The average Bonchev–Trinajstić information content (AvgIpc) is 2.84. The summed E-state index contributed by atoms with van der Waals surface area (Å²) in [7, 11) is 0. The number of hydrogen-bond donors (Lipinski definition) is 1. The second kappa shape index (κ2) is 6.37. The van der Waals surface area contributed by atoms with Gasteiger partial charge in [-0.25, -0.2) is 4.79 Å². The first kappa shape index (κ1) is 17.6. The highest BCUT2D eigenvalue weighted by Gasteiger charge is 2.29. The normalized spacial score (nSPS) is 19.3. The van der Waals surface area contributed by atoms with Gasteiger partial charge in [-0.1, -0.05) is 13.8 Å². The van der Waals surface area contributed by atoms with E-state index < -0.39 is 17.7 Å². The number of carbonyl (C=O) groups is 1. The Bertz CT molecular complexity index is 548. The summed E-state index contributed by atoms with van der Waals surface area (Å²) in [5.74, 6) is 0.972. The van der Waals surface area contributed by atoms with Crippen LogP contribution in [-0.2, 0) is 4.74 Å². The lowest BCUT2D eigenvalue weighted by Crippen LogP contribution is -2.40. The minimum atomic E-state index is -0.539. The molecule has 1 saturated heterocycles. The van der Waals surface area contributed by atoms with E-state index in [0.29, 0.717) is 11.8 Å². The van der Waals surface area contributed by atoms with Crippen LogP contribution in [0.5, 0.6) is 0 Å². The van der Waals surface area contributed by atoms with Gasteiger partial charge in [-0.2, -0.15) is 4.98 Å². The molecule has 130 valence electrons. The SMILES string of the molecule is C[C@H](NC(=O)OC(C)(C)C)c1nc(N2CCCC(C)(C)C2)no1. The number of ether oxygens (including phenoxy) is 1. The Labute approximate surface area is 137 Å². The van der Waals surface area contributed by atoms with E-state index in [4.69, 9.17) is 9.26 Å². The Hall–Kier alpha value is -1.79. The van der Waals surface area contributed by atoms with Crippen LogP contribution in [0.25, 0.3) is 0 Å². The van der Waals surface area contributed by atoms with E-state index in [1.54, 1.807) is 6.92 Å². The van der Waals surface area contributed by atoms with Gasteiger partial charge in [-0.15, -0.1) is 0 Å². The van der Waals surface area contributed by atoms with E-state index in [0.717, 1.165) is 19.5 Å². The number of anilines is 1. The molecule has 2 rings (SSSR count). The lowest BCUT2D eigenvalue weighted by Gasteiger charge is -2.37. The third-order valence-electron chi connectivity index (χ3n) is 3.72. The van der Waals surface area contributed by atoms with E-state index in [1.807, 2.05) is 20.8 Å². The topological polar surface area (TPSA) is 80.5 Å². The van der Waals surface area contributed by atoms with Gasteiger partial charge >= 0.3 is 6.09 Å². The number of carbonyl (C=O) groups excluding carboxylic acids is 1. The van der Waals surface area contributed by atoms with Gasteiger partial charge in [0.1, 0.15) is 11.6 Å². The predicted octanol–water partition coefficient (Wildman–Crippen LogP) is 3.28. The lowest BCUT2D eigenvalue weighted by molar-refractivity contribution is 0.0499. The second-order valence-electron chi connectivity index (χ2n) is 7.99. The van der Waals surface area contributed by atoms with Crippen LogP contribution in [0.4, 0.5) is 10.7 Å². The van der Waals surface area contributed by atoms with E-state index >= 15 is 0 Å². The first-order valence-electron chi connectivity index (χ1n) is 8.14. The van der Waals surface area contributed by atoms with Gasteiger partial charge in [0.2, 0.25) is 0 Å². The van der Waals surface area contributed by atoms with Crippen molar-refractivity contribution in [1.29, 1.82) is 0 Å². The van der Waals surface area contributed by atoms with E-state index in [2.05, 4.69) is 34.2 Å².